The zero-order valence-corrected chi connectivity index (χ0v) is 13.3. The van der Waals surface area contributed by atoms with E-state index in [1.807, 2.05) is 6.07 Å². The first-order valence-electron chi connectivity index (χ1n) is 7.14. The molecule has 2 rings (SSSR count). The highest BCUT2D eigenvalue weighted by molar-refractivity contribution is 5.36. The van der Waals surface area contributed by atoms with Gasteiger partial charge in [0.2, 0.25) is 0 Å². The van der Waals surface area contributed by atoms with E-state index in [2.05, 4.69) is 9.84 Å². The van der Waals surface area contributed by atoms with Crippen molar-refractivity contribution in [1.29, 1.82) is 5.26 Å². The maximum Gasteiger partial charge on any atom is 0.573 e. The van der Waals surface area contributed by atoms with Crippen LogP contribution < -0.4 is 10.3 Å². The Morgan fingerprint density at radius 3 is 2.44 bits per heavy atom. The Kier molecular flexibility index (Phi) is 5.13. The van der Waals surface area contributed by atoms with Gasteiger partial charge in [-0.2, -0.15) is 10.4 Å². The molecule has 1 N–H and O–H groups in total. The van der Waals surface area contributed by atoms with Gasteiger partial charge < -0.3 is 9.84 Å². The van der Waals surface area contributed by atoms with Gasteiger partial charge in [-0.05, 0) is 37.1 Å². The second-order valence-corrected chi connectivity index (χ2v) is 5.32. The van der Waals surface area contributed by atoms with Gasteiger partial charge in [0.15, 0.2) is 0 Å². The van der Waals surface area contributed by atoms with Crippen LogP contribution in [0.15, 0.2) is 29.1 Å². The minimum absolute atomic E-state index is 0.0615. The second kappa shape index (κ2) is 6.94. The number of benzene rings is 1. The molecule has 6 nitrogen and oxygen atoms in total. The molecule has 1 atom stereocenters. The summed E-state index contributed by atoms with van der Waals surface area (Å²) in [6.45, 7) is 2.98. The fourth-order valence-corrected chi connectivity index (χ4v) is 2.19. The summed E-state index contributed by atoms with van der Waals surface area (Å²) < 4.78 is 41.1. The number of halogens is 3. The minimum Gasteiger partial charge on any atom is -0.406 e. The summed E-state index contributed by atoms with van der Waals surface area (Å²) in [6, 6.07) is 6.43. The van der Waals surface area contributed by atoms with Crippen molar-refractivity contribution in [3.63, 3.8) is 0 Å². The standard InChI is InChI=1S/C16H14F3N3O3/c1-9-10(2)21-22(15(24)13(9)7-20)8-14(23)11-3-5-12(6-4-11)25-16(17,18)19/h3-6,14,23H,8H2,1-2H3/t14-/m1/s1. The average Bonchev–Trinajstić information content (AvgIpc) is 2.52. The summed E-state index contributed by atoms with van der Waals surface area (Å²) in [7, 11) is 0. The minimum atomic E-state index is -4.80. The normalized spacial score (nSPS) is 12.5. The molecule has 0 spiro atoms. The molecule has 0 aliphatic heterocycles. The Bertz CT molecular complexity index is 868. The molecule has 0 amide bonds. The van der Waals surface area contributed by atoms with Crippen LogP contribution in [0.4, 0.5) is 13.2 Å². The van der Waals surface area contributed by atoms with E-state index in [4.69, 9.17) is 5.26 Å². The molecule has 0 saturated heterocycles. The Morgan fingerprint density at radius 1 is 1.32 bits per heavy atom. The lowest BCUT2D eigenvalue weighted by Gasteiger charge is -2.15. The van der Waals surface area contributed by atoms with Crippen LogP contribution in [-0.2, 0) is 6.54 Å². The molecule has 0 unspecified atom stereocenters. The van der Waals surface area contributed by atoms with Gasteiger partial charge in [0.25, 0.3) is 5.56 Å². The van der Waals surface area contributed by atoms with Gasteiger partial charge in [-0.25, -0.2) is 4.68 Å². The summed E-state index contributed by atoms with van der Waals surface area (Å²) in [4.78, 5) is 12.2. The van der Waals surface area contributed by atoms with Crippen molar-refractivity contribution >= 4 is 0 Å². The predicted molar refractivity (Wildman–Crippen MR) is 80.8 cm³/mol. The SMILES string of the molecule is Cc1nn(C[C@@H](O)c2ccc(OC(F)(F)F)cc2)c(=O)c(C#N)c1C. The molecule has 0 aliphatic carbocycles. The first kappa shape index (κ1) is 18.5. The maximum absolute atomic E-state index is 12.2. The van der Waals surface area contributed by atoms with E-state index in [9.17, 15) is 23.1 Å². The fourth-order valence-electron chi connectivity index (χ4n) is 2.19. The van der Waals surface area contributed by atoms with E-state index in [-0.39, 0.29) is 17.7 Å². The van der Waals surface area contributed by atoms with Crippen LogP contribution in [0.2, 0.25) is 0 Å². The molecule has 0 saturated carbocycles. The zero-order chi connectivity index (χ0) is 18.8. The summed E-state index contributed by atoms with van der Waals surface area (Å²) >= 11 is 0. The van der Waals surface area contributed by atoms with E-state index >= 15 is 0 Å². The molecule has 132 valence electrons. The molecule has 1 aromatic heterocycles. The zero-order valence-electron chi connectivity index (χ0n) is 13.3. The molecule has 0 bridgehead atoms. The van der Waals surface area contributed by atoms with Gasteiger partial charge in [-0.15, -0.1) is 13.2 Å². The first-order chi connectivity index (χ1) is 11.6. The number of nitrogens with zero attached hydrogens (tertiary/aromatic N) is 3. The Hall–Kier alpha value is -2.86. The van der Waals surface area contributed by atoms with Gasteiger partial charge >= 0.3 is 6.36 Å². The summed E-state index contributed by atoms with van der Waals surface area (Å²) in [5, 5.41) is 23.3. The number of hydrogen-bond acceptors (Lipinski definition) is 5. The first-order valence-corrected chi connectivity index (χ1v) is 7.14. The third kappa shape index (κ3) is 4.36. The van der Waals surface area contributed by atoms with E-state index < -0.39 is 23.8 Å². The van der Waals surface area contributed by atoms with E-state index in [0.717, 1.165) is 16.8 Å². The van der Waals surface area contributed by atoms with Gasteiger partial charge in [-0.3, -0.25) is 4.79 Å². The van der Waals surface area contributed by atoms with Crippen molar-refractivity contribution in [2.45, 2.75) is 32.9 Å². The highest BCUT2D eigenvalue weighted by atomic mass is 19.4. The lowest BCUT2D eigenvalue weighted by molar-refractivity contribution is -0.274. The van der Waals surface area contributed by atoms with Gasteiger partial charge in [0.05, 0.1) is 18.3 Å². The molecule has 9 heteroatoms. The van der Waals surface area contributed by atoms with Crippen molar-refractivity contribution < 1.29 is 23.0 Å². The van der Waals surface area contributed by atoms with Gasteiger partial charge in [-0.1, -0.05) is 12.1 Å². The summed E-state index contributed by atoms with van der Waals surface area (Å²) in [5.74, 6) is -0.420. The smallest absolute Gasteiger partial charge is 0.406 e. The van der Waals surface area contributed by atoms with Crippen molar-refractivity contribution in [2.24, 2.45) is 0 Å². The quantitative estimate of drug-likeness (QED) is 0.912. The molecule has 0 fully saturated rings. The van der Waals surface area contributed by atoms with Crippen molar-refractivity contribution in [3.8, 4) is 11.8 Å². The number of ether oxygens (including phenoxy) is 1. The number of aryl methyl sites for hydroxylation is 1. The number of aliphatic hydroxyl groups is 1. The second-order valence-electron chi connectivity index (χ2n) is 5.32. The van der Waals surface area contributed by atoms with E-state index in [1.165, 1.54) is 12.1 Å². The largest absolute Gasteiger partial charge is 0.573 e. The van der Waals surface area contributed by atoms with Crippen LogP contribution in [0.5, 0.6) is 5.75 Å². The Morgan fingerprint density at radius 2 is 1.92 bits per heavy atom. The van der Waals surface area contributed by atoms with E-state index in [1.54, 1.807) is 13.8 Å². The third-order valence-electron chi connectivity index (χ3n) is 3.59. The van der Waals surface area contributed by atoms with Crippen LogP contribution in [0, 0.1) is 25.2 Å². The molecule has 1 aromatic carbocycles. The number of nitriles is 1. The number of hydrogen-bond donors (Lipinski definition) is 1. The topological polar surface area (TPSA) is 88.1 Å². The number of aliphatic hydroxyl groups excluding tert-OH is 1. The molecule has 2 aromatic rings. The Balaban J connectivity index is 2.23. The summed E-state index contributed by atoms with van der Waals surface area (Å²) in [6.07, 6.45) is -6.00. The lowest BCUT2D eigenvalue weighted by atomic mass is 10.1. The highest BCUT2D eigenvalue weighted by Gasteiger charge is 2.31. The van der Waals surface area contributed by atoms with Gasteiger partial charge in [0.1, 0.15) is 17.4 Å². The third-order valence-corrected chi connectivity index (χ3v) is 3.59. The average molecular weight is 353 g/mol. The fraction of sp³-hybridized carbons (Fsp3) is 0.312. The van der Waals surface area contributed by atoms with Crippen molar-refractivity contribution in [3.05, 3.63) is 57.0 Å². The van der Waals surface area contributed by atoms with Crippen LogP contribution in [-0.4, -0.2) is 21.2 Å². The number of alkyl halides is 3. The van der Waals surface area contributed by atoms with Crippen LogP contribution in [0.1, 0.15) is 28.5 Å². The van der Waals surface area contributed by atoms with Crippen LogP contribution in [0.25, 0.3) is 0 Å². The van der Waals surface area contributed by atoms with Crippen molar-refractivity contribution in [2.75, 3.05) is 0 Å². The summed E-state index contributed by atoms with van der Waals surface area (Å²) in [5.41, 5.74) is 0.513. The highest BCUT2D eigenvalue weighted by Crippen LogP contribution is 2.24. The maximum atomic E-state index is 12.2. The molecular formula is C16H14F3N3O3. The number of aromatic nitrogens is 2. The molecular weight excluding hydrogens is 339 g/mol. The van der Waals surface area contributed by atoms with E-state index in [0.29, 0.717) is 11.3 Å². The predicted octanol–water partition coefficient (Wildman–Crippen LogP) is 2.36. The van der Waals surface area contributed by atoms with Crippen LogP contribution in [0.3, 0.4) is 0 Å². The van der Waals surface area contributed by atoms with Gasteiger partial charge in [0, 0.05) is 0 Å². The molecule has 25 heavy (non-hydrogen) atoms. The van der Waals surface area contributed by atoms with Crippen LogP contribution >= 0.6 is 0 Å². The molecule has 1 heterocycles. The van der Waals surface area contributed by atoms with Crippen molar-refractivity contribution in [1.82, 2.24) is 9.78 Å². The monoisotopic (exact) mass is 353 g/mol. The lowest BCUT2D eigenvalue weighted by Crippen LogP contribution is -2.29. The Labute approximate surface area is 140 Å². The molecule has 0 aliphatic rings. The number of rotatable bonds is 4. The molecule has 0 radical (unpaired) electrons.